The quantitative estimate of drug-likeness (QED) is 0.718. The second-order valence-corrected chi connectivity index (χ2v) is 8.65. The Hall–Kier alpha value is -2.63. The second kappa shape index (κ2) is 6.22. The minimum Gasteiger partial charge on any atom is -0.399 e. The van der Waals surface area contributed by atoms with Gasteiger partial charge in [-0.1, -0.05) is 26.8 Å². The summed E-state index contributed by atoms with van der Waals surface area (Å²) < 4.78 is 0. The third-order valence-corrected chi connectivity index (χ3v) is 7.13. The van der Waals surface area contributed by atoms with Crippen LogP contribution in [0.4, 0.5) is 17.3 Å². The van der Waals surface area contributed by atoms with Gasteiger partial charge in [0, 0.05) is 23.6 Å². The second-order valence-electron chi connectivity index (χ2n) is 8.65. The van der Waals surface area contributed by atoms with Crippen molar-refractivity contribution in [3.8, 4) is 0 Å². The highest BCUT2D eigenvalue weighted by Crippen LogP contribution is 2.65. The molecule has 2 bridgehead atoms. The first-order chi connectivity index (χ1) is 12.8. The standard InChI is InChI=1S/C21H27N5O/c1-20(2)13-7-9-21(20,3)17(11-13)26-18(27)16-8-10-23-19(25-16)24-15-6-4-5-14(22)12-15/h4-6,8,10,12-13,17H,7,9,11,22H2,1-3H3,(H,26,27)(H,23,24,25). The number of amides is 1. The third kappa shape index (κ3) is 2.93. The highest BCUT2D eigenvalue weighted by Gasteiger charge is 2.61. The van der Waals surface area contributed by atoms with Crippen LogP contribution < -0.4 is 16.4 Å². The summed E-state index contributed by atoms with van der Waals surface area (Å²) >= 11 is 0. The van der Waals surface area contributed by atoms with Crippen molar-refractivity contribution >= 4 is 23.2 Å². The lowest BCUT2D eigenvalue weighted by atomic mass is 9.69. The molecular weight excluding hydrogens is 338 g/mol. The zero-order valence-corrected chi connectivity index (χ0v) is 16.1. The van der Waals surface area contributed by atoms with Crippen LogP contribution in [0.15, 0.2) is 36.5 Å². The number of carbonyl (C=O) groups is 1. The van der Waals surface area contributed by atoms with Gasteiger partial charge in [0.15, 0.2) is 0 Å². The number of nitrogens with one attached hydrogen (secondary N) is 2. The van der Waals surface area contributed by atoms with Gasteiger partial charge in [-0.2, -0.15) is 0 Å². The number of nitrogens with two attached hydrogens (primary N) is 1. The maximum absolute atomic E-state index is 12.8. The molecule has 27 heavy (non-hydrogen) atoms. The maximum atomic E-state index is 12.8. The van der Waals surface area contributed by atoms with E-state index in [0.717, 1.165) is 12.1 Å². The lowest BCUT2D eigenvalue weighted by Crippen LogP contribution is -2.47. The normalized spacial score (nSPS) is 28.1. The summed E-state index contributed by atoms with van der Waals surface area (Å²) in [6, 6.07) is 9.19. The molecule has 142 valence electrons. The molecule has 0 saturated heterocycles. The van der Waals surface area contributed by atoms with E-state index in [1.807, 2.05) is 18.2 Å². The first-order valence-corrected chi connectivity index (χ1v) is 9.56. The molecule has 2 aromatic rings. The van der Waals surface area contributed by atoms with Crippen LogP contribution in [0, 0.1) is 16.7 Å². The SMILES string of the molecule is CC1(C)C2CCC1(C)C(NC(=O)c1ccnc(Nc3cccc(N)c3)n1)C2. The van der Waals surface area contributed by atoms with E-state index in [2.05, 4.69) is 41.4 Å². The van der Waals surface area contributed by atoms with E-state index < -0.39 is 0 Å². The lowest BCUT2D eigenvalue weighted by molar-refractivity contribution is 0.0821. The summed E-state index contributed by atoms with van der Waals surface area (Å²) in [4.78, 5) is 21.4. The van der Waals surface area contributed by atoms with Crippen molar-refractivity contribution in [3.05, 3.63) is 42.2 Å². The van der Waals surface area contributed by atoms with E-state index in [0.29, 0.717) is 23.2 Å². The molecule has 3 atom stereocenters. The molecule has 1 aromatic carbocycles. The molecule has 1 amide bonds. The van der Waals surface area contributed by atoms with Gasteiger partial charge in [0.25, 0.3) is 5.91 Å². The van der Waals surface area contributed by atoms with E-state index in [4.69, 9.17) is 5.73 Å². The Bertz CT molecular complexity index is 880. The van der Waals surface area contributed by atoms with Crippen molar-refractivity contribution in [3.63, 3.8) is 0 Å². The lowest BCUT2D eigenvalue weighted by Gasteiger charge is -2.39. The number of hydrogen-bond donors (Lipinski definition) is 3. The summed E-state index contributed by atoms with van der Waals surface area (Å²) in [5, 5.41) is 6.34. The minimum atomic E-state index is -0.136. The average Bonchev–Trinajstić information content (AvgIpc) is 2.95. The summed E-state index contributed by atoms with van der Waals surface area (Å²) in [6.07, 6.45) is 5.08. The Morgan fingerprint density at radius 1 is 1.26 bits per heavy atom. The Balaban J connectivity index is 1.49. The molecule has 6 heteroatoms. The summed E-state index contributed by atoms with van der Waals surface area (Å²) in [5.74, 6) is 0.925. The van der Waals surface area contributed by atoms with E-state index >= 15 is 0 Å². The average molecular weight is 365 g/mol. The van der Waals surface area contributed by atoms with E-state index in [9.17, 15) is 4.79 Å². The highest BCUT2D eigenvalue weighted by atomic mass is 16.2. The molecule has 1 aromatic heterocycles. The topological polar surface area (TPSA) is 92.9 Å². The Labute approximate surface area is 160 Å². The maximum Gasteiger partial charge on any atom is 0.270 e. The number of carbonyl (C=O) groups excluding carboxylic acids is 1. The zero-order chi connectivity index (χ0) is 19.2. The van der Waals surface area contributed by atoms with Gasteiger partial charge in [-0.15, -0.1) is 0 Å². The molecule has 0 spiro atoms. The monoisotopic (exact) mass is 365 g/mol. The molecule has 6 nitrogen and oxygen atoms in total. The van der Waals surface area contributed by atoms with Crippen molar-refractivity contribution in [2.45, 2.75) is 46.1 Å². The molecule has 2 aliphatic rings. The minimum absolute atomic E-state index is 0.136. The number of hydrogen-bond acceptors (Lipinski definition) is 5. The van der Waals surface area contributed by atoms with Crippen LogP contribution in [0.2, 0.25) is 0 Å². The molecule has 4 N–H and O–H groups in total. The van der Waals surface area contributed by atoms with Crippen molar-refractivity contribution in [1.82, 2.24) is 15.3 Å². The largest absolute Gasteiger partial charge is 0.399 e. The van der Waals surface area contributed by atoms with Gasteiger partial charge in [-0.25, -0.2) is 9.97 Å². The van der Waals surface area contributed by atoms with Crippen molar-refractivity contribution in [1.29, 1.82) is 0 Å². The third-order valence-electron chi connectivity index (χ3n) is 7.13. The molecule has 3 unspecified atom stereocenters. The predicted octanol–water partition coefficient (Wildman–Crippen LogP) is 3.75. The highest BCUT2D eigenvalue weighted by molar-refractivity contribution is 5.92. The Morgan fingerprint density at radius 3 is 2.74 bits per heavy atom. The number of benzene rings is 1. The number of nitrogens with zero attached hydrogens (tertiary/aromatic N) is 2. The van der Waals surface area contributed by atoms with Crippen molar-refractivity contribution in [2.75, 3.05) is 11.1 Å². The van der Waals surface area contributed by atoms with E-state index in [-0.39, 0.29) is 22.8 Å². The molecule has 2 aliphatic carbocycles. The molecule has 2 fully saturated rings. The van der Waals surface area contributed by atoms with Crippen LogP contribution in [0.25, 0.3) is 0 Å². The van der Waals surface area contributed by atoms with Crippen LogP contribution in [-0.2, 0) is 0 Å². The molecule has 1 heterocycles. The first kappa shape index (κ1) is 17.8. The summed E-state index contributed by atoms with van der Waals surface area (Å²) in [6.45, 7) is 7.00. The summed E-state index contributed by atoms with van der Waals surface area (Å²) in [7, 11) is 0. The smallest absolute Gasteiger partial charge is 0.270 e. The Morgan fingerprint density at radius 2 is 2.07 bits per heavy atom. The number of anilines is 3. The van der Waals surface area contributed by atoms with Gasteiger partial charge in [0.2, 0.25) is 5.95 Å². The zero-order valence-electron chi connectivity index (χ0n) is 16.1. The molecule has 0 radical (unpaired) electrons. The van der Waals surface area contributed by atoms with Crippen LogP contribution >= 0.6 is 0 Å². The predicted molar refractivity (Wildman–Crippen MR) is 107 cm³/mol. The molecule has 4 rings (SSSR count). The fourth-order valence-electron chi connectivity index (χ4n) is 4.95. The van der Waals surface area contributed by atoms with Gasteiger partial charge < -0.3 is 16.4 Å². The van der Waals surface area contributed by atoms with E-state index in [1.165, 1.54) is 12.8 Å². The van der Waals surface area contributed by atoms with Gasteiger partial charge in [-0.05, 0) is 60.3 Å². The fraction of sp³-hybridized carbons (Fsp3) is 0.476. The number of fused-ring (bicyclic) bond motifs is 2. The van der Waals surface area contributed by atoms with Crippen molar-refractivity contribution in [2.24, 2.45) is 16.7 Å². The van der Waals surface area contributed by atoms with Gasteiger partial charge in [0.1, 0.15) is 5.69 Å². The van der Waals surface area contributed by atoms with Gasteiger partial charge in [0.05, 0.1) is 0 Å². The molecular formula is C21H27N5O. The number of aromatic nitrogens is 2. The van der Waals surface area contributed by atoms with Crippen molar-refractivity contribution < 1.29 is 4.79 Å². The summed E-state index contributed by atoms with van der Waals surface area (Å²) in [5.41, 5.74) is 8.02. The van der Waals surface area contributed by atoms with Crippen LogP contribution in [0.3, 0.4) is 0 Å². The number of nitrogen functional groups attached to an aromatic ring is 1. The van der Waals surface area contributed by atoms with Crippen LogP contribution in [0.5, 0.6) is 0 Å². The Kier molecular flexibility index (Phi) is 4.09. The first-order valence-electron chi connectivity index (χ1n) is 9.56. The fourth-order valence-corrected chi connectivity index (χ4v) is 4.95. The van der Waals surface area contributed by atoms with E-state index in [1.54, 1.807) is 18.3 Å². The molecule has 2 saturated carbocycles. The molecule has 0 aliphatic heterocycles. The van der Waals surface area contributed by atoms with Crippen LogP contribution in [-0.4, -0.2) is 21.9 Å². The number of rotatable bonds is 4. The van der Waals surface area contributed by atoms with Crippen LogP contribution in [0.1, 0.15) is 50.5 Å². The van der Waals surface area contributed by atoms with Gasteiger partial charge >= 0.3 is 0 Å². The van der Waals surface area contributed by atoms with Gasteiger partial charge in [-0.3, -0.25) is 4.79 Å².